The number of hydrogen-bond donors (Lipinski definition) is 3. The number of carbonyl (C=O) groups is 2. The fraction of sp³-hybridized carbons (Fsp3) is 0.227. The number of hydrogen-bond acceptors (Lipinski definition) is 5. The first-order chi connectivity index (χ1) is 13.8. The summed E-state index contributed by atoms with van der Waals surface area (Å²) in [6.45, 7) is 0.528. The van der Waals surface area contributed by atoms with Crippen LogP contribution in [0.5, 0.6) is 0 Å². The van der Waals surface area contributed by atoms with Gasteiger partial charge in [0.05, 0.1) is 11.2 Å². The summed E-state index contributed by atoms with van der Waals surface area (Å²) in [7, 11) is 3.72. The molecule has 0 aliphatic heterocycles. The van der Waals surface area contributed by atoms with Gasteiger partial charge in [-0.2, -0.15) is 0 Å². The van der Waals surface area contributed by atoms with Crippen LogP contribution in [-0.4, -0.2) is 58.4 Å². The number of nitrogens with two attached hydrogens (primary N) is 1. The smallest absolute Gasteiger partial charge is 0.269 e. The maximum Gasteiger partial charge on any atom is 0.269 e. The molecule has 0 fully saturated rings. The minimum absolute atomic E-state index is 0.165. The van der Waals surface area contributed by atoms with Gasteiger partial charge in [-0.3, -0.25) is 9.59 Å². The number of primary amides is 1. The highest BCUT2D eigenvalue weighted by molar-refractivity contribution is 6.04. The number of amides is 1. The summed E-state index contributed by atoms with van der Waals surface area (Å²) < 4.78 is 0. The molecule has 0 saturated carbocycles. The van der Waals surface area contributed by atoms with E-state index in [1.807, 2.05) is 37.2 Å². The Kier molecular flexibility index (Phi) is 5.78. The number of carbonyl (C=O) groups excluding carboxylic acids is 2. The number of fused-ring (bicyclic) bond motifs is 1. The second kappa shape index (κ2) is 8.27. The van der Waals surface area contributed by atoms with Gasteiger partial charge >= 0.3 is 0 Å². The van der Waals surface area contributed by atoms with Gasteiger partial charge in [-0.25, -0.2) is 4.98 Å². The molecule has 0 aliphatic rings. The molecule has 7 nitrogen and oxygen atoms in total. The first kappa shape index (κ1) is 20.3. The fourth-order valence-electron chi connectivity index (χ4n) is 2.87. The third kappa shape index (κ3) is 4.69. The Balaban J connectivity index is 1.96. The number of nitrogens with zero attached hydrogens (tertiary/aromatic N) is 2. The maximum atomic E-state index is 11.8. The van der Waals surface area contributed by atoms with E-state index in [0.29, 0.717) is 29.6 Å². The van der Waals surface area contributed by atoms with Crippen LogP contribution in [0.4, 0.5) is 0 Å². The Labute approximate surface area is 168 Å². The summed E-state index contributed by atoms with van der Waals surface area (Å²) in [6.07, 6.45) is 2.40. The number of rotatable bonds is 6. The van der Waals surface area contributed by atoms with Crippen molar-refractivity contribution in [2.45, 2.75) is 12.0 Å². The van der Waals surface area contributed by atoms with E-state index >= 15 is 0 Å². The minimum Gasteiger partial charge on any atom is -0.371 e. The summed E-state index contributed by atoms with van der Waals surface area (Å²) in [6, 6.07) is 10.9. The molecule has 0 spiro atoms. The summed E-state index contributed by atoms with van der Waals surface area (Å²) >= 11 is 0. The lowest BCUT2D eigenvalue weighted by molar-refractivity contribution is -0.119. The van der Waals surface area contributed by atoms with Gasteiger partial charge < -0.3 is 20.7 Å². The van der Waals surface area contributed by atoms with Crippen molar-refractivity contribution < 1.29 is 14.7 Å². The van der Waals surface area contributed by atoms with Crippen molar-refractivity contribution in [3.05, 3.63) is 53.9 Å². The molecule has 0 aliphatic carbocycles. The molecule has 0 bridgehead atoms. The van der Waals surface area contributed by atoms with Crippen molar-refractivity contribution in [2.24, 2.45) is 5.73 Å². The normalized spacial score (nSPS) is 13.0. The first-order valence-electron chi connectivity index (χ1n) is 9.06. The molecule has 1 aromatic carbocycles. The predicted molar refractivity (Wildman–Crippen MR) is 111 cm³/mol. The average molecular weight is 390 g/mol. The van der Waals surface area contributed by atoms with E-state index in [2.05, 4.69) is 21.8 Å². The van der Waals surface area contributed by atoms with Gasteiger partial charge in [0.1, 0.15) is 0 Å². The van der Waals surface area contributed by atoms with Crippen molar-refractivity contribution >= 4 is 23.1 Å². The van der Waals surface area contributed by atoms with Crippen LogP contribution in [0.25, 0.3) is 22.2 Å². The van der Waals surface area contributed by atoms with Gasteiger partial charge in [0.2, 0.25) is 0 Å². The molecule has 3 rings (SSSR count). The van der Waals surface area contributed by atoms with E-state index in [0.717, 1.165) is 10.9 Å². The van der Waals surface area contributed by atoms with Crippen molar-refractivity contribution in [2.75, 3.05) is 20.6 Å². The number of aromatic nitrogens is 2. The number of H-pyrrole nitrogens is 1. The largest absolute Gasteiger partial charge is 0.371 e. The summed E-state index contributed by atoms with van der Waals surface area (Å²) in [5, 5.41) is 11.2. The number of nitrogens with one attached hydrogen (secondary N) is 1. The Hall–Kier alpha value is -3.47. The van der Waals surface area contributed by atoms with Crippen molar-refractivity contribution in [1.29, 1.82) is 0 Å². The number of aldehydes is 1. The molecule has 1 atom stereocenters. The molecule has 3 aromatic rings. The van der Waals surface area contributed by atoms with Crippen LogP contribution in [0.1, 0.15) is 22.5 Å². The highest BCUT2D eigenvalue weighted by atomic mass is 16.3. The SMILES string of the molecule is CN(C)CC[C@@](O)(C#Cc1cccc(-c2cc3cc[nH]c3c(C(N)=O)n2)c1)C=O. The Morgan fingerprint density at radius 2 is 2.14 bits per heavy atom. The quantitative estimate of drug-likeness (QED) is 0.437. The number of benzene rings is 1. The van der Waals surface area contributed by atoms with Gasteiger partial charge in [-0.05, 0) is 38.4 Å². The Bertz CT molecular complexity index is 1120. The van der Waals surface area contributed by atoms with Gasteiger partial charge in [0, 0.05) is 35.7 Å². The maximum absolute atomic E-state index is 11.8. The standard InChI is InChI=1S/C22H22N4O3/c1-26(2)11-9-22(29,14-27)8-6-15-4-3-5-16(12-15)18-13-17-7-10-24-19(17)20(25-18)21(23)28/h3-5,7,10,12-14,24,29H,9,11H2,1-2H3,(H2,23,28)/t22-/m0/s1. The second-order valence-electron chi connectivity index (χ2n) is 7.09. The van der Waals surface area contributed by atoms with E-state index in [1.54, 1.807) is 24.4 Å². The highest BCUT2D eigenvalue weighted by Gasteiger charge is 2.23. The van der Waals surface area contributed by atoms with Gasteiger partial charge in [-0.15, -0.1) is 0 Å². The number of pyridine rings is 1. The molecule has 7 heteroatoms. The molecule has 0 unspecified atom stereocenters. The molecule has 29 heavy (non-hydrogen) atoms. The molecule has 148 valence electrons. The molecular weight excluding hydrogens is 368 g/mol. The second-order valence-corrected chi connectivity index (χ2v) is 7.09. The zero-order valence-corrected chi connectivity index (χ0v) is 16.3. The topological polar surface area (TPSA) is 112 Å². The zero-order chi connectivity index (χ0) is 21.0. The van der Waals surface area contributed by atoms with Crippen LogP contribution < -0.4 is 5.73 Å². The Morgan fingerprint density at radius 3 is 2.83 bits per heavy atom. The molecule has 0 radical (unpaired) electrons. The lowest BCUT2D eigenvalue weighted by atomic mass is 10.0. The Morgan fingerprint density at radius 1 is 1.34 bits per heavy atom. The van der Waals surface area contributed by atoms with Crippen LogP contribution in [0.3, 0.4) is 0 Å². The molecular formula is C22H22N4O3. The number of aliphatic hydroxyl groups is 1. The molecule has 2 heterocycles. The van der Waals surface area contributed by atoms with E-state index in [9.17, 15) is 14.7 Å². The highest BCUT2D eigenvalue weighted by Crippen LogP contribution is 2.24. The van der Waals surface area contributed by atoms with E-state index in [4.69, 9.17) is 5.73 Å². The van der Waals surface area contributed by atoms with Crippen LogP contribution in [-0.2, 0) is 4.79 Å². The molecule has 0 saturated heterocycles. The number of aromatic amines is 1. The minimum atomic E-state index is -1.71. The van der Waals surface area contributed by atoms with Crippen LogP contribution >= 0.6 is 0 Å². The summed E-state index contributed by atoms with van der Waals surface area (Å²) in [4.78, 5) is 32.3. The monoisotopic (exact) mass is 390 g/mol. The van der Waals surface area contributed by atoms with Crippen molar-refractivity contribution in [3.8, 4) is 23.1 Å². The summed E-state index contributed by atoms with van der Waals surface area (Å²) in [5.74, 6) is 4.91. The summed E-state index contributed by atoms with van der Waals surface area (Å²) in [5.41, 5.74) is 6.45. The van der Waals surface area contributed by atoms with E-state index in [1.165, 1.54) is 0 Å². The van der Waals surface area contributed by atoms with Crippen LogP contribution in [0, 0.1) is 11.8 Å². The molecule has 4 N–H and O–H groups in total. The molecule has 2 aromatic heterocycles. The first-order valence-corrected chi connectivity index (χ1v) is 9.06. The van der Waals surface area contributed by atoms with Crippen molar-refractivity contribution in [3.63, 3.8) is 0 Å². The van der Waals surface area contributed by atoms with Gasteiger partial charge in [-0.1, -0.05) is 24.0 Å². The molecule has 1 amide bonds. The van der Waals surface area contributed by atoms with E-state index in [-0.39, 0.29) is 12.1 Å². The van der Waals surface area contributed by atoms with Gasteiger partial charge in [0.25, 0.3) is 5.91 Å². The third-order valence-electron chi connectivity index (χ3n) is 4.49. The average Bonchev–Trinajstić information content (AvgIpc) is 3.19. The predicted octanol–water partition coefficient (Wildman–Crippen LogP) is 1.56. The third-order valence-corrected chi connectivity index (χ3v) is 4.49. The lowest BCUT2D eigenvalue weighted by Crippen LogP contribution is -2.33. The zero-order valence-electron chi connectivity index (χ0n) is 16.3. The van der Waals surface area contributed by atoms with E-state index < -0.39 is 11.5 Å². The fourth-order valence-corrected chi connectivity index (χ4v) is 2.87. The lowest BCUT2D eigenvalue weighted by Gasteiger charge is -2.17. The van der Waals surface area contributed by atoms with Crippen LogP contribution in [0.15, 0.2) is 42.6 Å². The van der Waals surface area contributed by atoms with Gasteiger partial charge in [0.15, 0.2) is 17.6 Å². The van der Waals surface area contributed by atoms with Crippen molar-refractivity contribution in [1.82, 2.24) is 14.9 Å². The van der Waals surface area contributed by atoms with Crippen LogP contribution in [0.2, 0.25) is 0 Å².